The topological polar surface area (TPSA) is 16.1 Å². The summed E-state index contributed by atoms with van der Waals surface area (Å²) in [5.74, 6) is 0. The molecule has 0 unspecified atom stereocenters. The van der Waals surface area contributed by atoms with Crippen molar-refractivity contribution in [3.63, 3.8) is 0 Å². The first-order valence-electron chi connectivity index (χ1n) is 17.0. The Morgan fingerprint density at radius 3 is 1.62 bits per heavy atom. The molecule has 0 atom stereocenters. The summed E-state index contributed by atoms with van der Waals surface area (Å²) < 4.78 is 8.62. The standard InChI is InChI=1S/C48H36NO/c1-2-12-35(38-21-23-39(24-22-38)36-13-5-3-6-14-36)33-34-49(42-29-25-40(26-30-42)37-15-7-4-8-16-37)43-31-27-41(28-32-43)44-18-11-19-46-45-17-9-10-20-47(45)50-48(44)46/h2-34H,1H3/q+1/b12-2-,35-33+,49-34?. The molecule has 0 N–H and O–H groups in total. The van der Waals surface area contributed by atoms with E-state index in [2.05, 4.69) is 200 Å². The zero-order valence-corrected chi connectivity index (χ0v) is 27.9. The van der Waals surface area contributed by atoms with E-state index >= 15 is 0 Å². The lowest BCUT2D eigenvalue weighted by atomic mass is 10.00. The summed E-state index contributed by atoms with van der Waals surface area (Å²) in [5, 5.41) is 2.27. The summed E-state index contributed by atoms with van der Waals surface area (Å²) in [4.78, 5) is 0. The Morgan fingerprint density at radius 2 is 1.00 bits per heavy atom. The number of hydrogen-bond acceptors (Lipinski definition) is 1. The molecule has 8 rings (SSSR count). The number of para-hydroxylation sites is 2. The predicted molar refractivity (Wildman–Crippen MR) is 213 cm³/mol. The van der Waals surface area contributed by atoms with Crippen LogP contribution in [0.1, 0.15) is 12.5 Å². The quantitative estimate of drug-likeness (QED) is 0.0915. The summed E-state index contributed by atoms with van der Waals surface area (Å²) in [7, 11) is 0. The van der Waals surface area contributed by atoms with Crippen LogP contribution in [-0.4, -0.2) is 6.21 Å². The molecular formula is C48H36NO+. The minimum absolute atomic E-state index is 0.907. The molecule has 0 aliphatic carbocycles. The Balaban J connectivity index is 1.19. The van der Waals surface area contributed by atoms with Gasteiger partial charge in [-0.05, 0) is 76.2 Å². The minimum Gasteiger partial charge on any atom is -0.455 e. The normalized spacial score (nSPS) is 12.3. The first-order chi connectivity index (χ1) is 24.7. The van der Waals surface area contributed by atoms with Crippen LogP contribution in [0.4, 0.5) is 11.4 Å². The Bertz CT molecular complexity index is 2480. The largest absolute Gasteiger partial charge is 0.455 e. The van der Waals surface area contributed by atoms with Crippen molar-refractivity contribution in [3.8, 4) is 33.4 Å². The van der Waals surface area contributed by atoms with Gasteiger partial charge in [0.25, 0.3) is 0 Å². The van der Waals surface area contributed by atoms with E-state index < -0.39 is 0 Å². The fourth-order valence-electron chi connectivity index (χ4n) is 6.61. The van der Waals surface area contributed by atoms with Gasteiger partial charge in [0.05, 0.1) is 0 Å². The number of fused-ring (bicyclic) bond motifs is 3. The third kappa shape index (κ3) is 6.23. The molecule has 1 heterocycles. The molecule has 7 aromatic carbocycles. The molecule has 1 aromatic heterocycles. The fraction of sp³-hybridized carbons (Fsp3) is 0.0208. The molecule has 0 fully saturated rings. The van der Waals surface area contributed by atoms with Gasteiger partial charge in [0.15, 0.2) is 6.21 Å². The number of benzene rings is 7. The molecule has 2 nitrogen and oxygen atoms in total. The van der Waals surface area contributed by atoms with Crippen LogP contribution < -0.4 is 4.58 Å². The Kier molecular flexibility index (Phi) is 8.57. The van der Waals surface area contributed by atoms with Crippen molar-refractivity contribution in [2.45, 2.75) is 6.92 Å². The molecule has 0 amide bonds. The van der Waals surface area contributed by atoms with Crippen molar-refractivity contribution in [1.29, 1.82) is 0 Å². The zero-order chi connectivity index (χ0) is 33.7. The second-order valence-corrected chi connectivity index (χ2v) is 12.3. The molecule has 2 heteroatoms. The third-order valence-corrected chi connectivity index (χ3v) is 9.19. The van der Waals surface area contributed by atoms with E-state index in [0.717, 1.165) is 55.6 Å². The summed E-state index contributed by atoms with van der Waals surface area (Å²) in [6.07, 6.45) is 8.64. The van der Waals surface area contributed by atoms with Gasteiger partial charge in [0.1, 0.15) is 11.2 Å². The predicted octanol–water partition coefficient (Wildman–Crippen LogP) is 13.2. The van der Waals surface area contributed by atoms with Crippen molar-refractivity contribution in [2.24, 2.45) is 0 Å². The summed E-state index contributed by atoms with van der Waals surface area (Å²) in [6.45, 7) is 2.06. The van der Waals surface area contributed by atoms with Crippen LogP contribution in [-0.2, 0) is 0 Å². The number of furan rings is 1. The maximum absolute atomic E-state index is 6.36. The molecule has 50 heavy (non-hydrogen) atoms. The average molecular weight is 643 g/mol. The minimum atomic E-state index is 0.907. The van der Waals surface area contributed by atoms with Gasteiger partial charge in [0.2, 0.25) is 11.4 Å². The SMILES string of the molecule is C/C=C\C(=C/C=[N+](c1ccc(-c2ccccc2)cc1)c1ccc(-c2cccc3c2oc2ccccc23)cc1)c1ccc(-c2ccccc2)cc1. The number of allylic oxidation sites excluding steroid dienone is 4. The second-order valence-electron chi connectivity index (χ2n) is 12.3. The average Bonchev–Trinajstić information content (AvgIpc) is 3.58. The van der Waals surface area contributed by atoms with E-state index in [1.165, 1.54) is 22.3 Å². The van der Waals surface area contributed by atoms with Gasteiger partial charge in [-0.25, -0.2) is 0 Å². The van der Waals surface area contributed by atoms with Crippen LogP contribution in [0.3, 0.4) is 0 Å². The van der Waals surface area contributed by atoms with Crippen LogP contribution >= 0.6 is 0 Å². The summed E-state index contributed by atoms with van der Waals surface area (Å²) in [5.41, 5.74) is 13.3. The molecule has 0 spiro atoms. The van der Waals surface area contributed by atoms with E-state index in [9.17, 15) is 0 Å². The zero-order valence-electron chi connectivity index (χ0n) is 27.9. The van der Waals surface area contributed by atoms with Crippen molar-refractivity contribution >= 4 is 45.1 Å². The highest BCUT2D eigenvalue weighted by Crippen LogP contribution is 2.36. The van der Waals surface area contributed by atoms with E-state index in [1.54, 1.807) is 0 Å². The van der Waals surface area contributed by atoms with Gasteiger partial charge in [0, 0.05) is 46.7 Å². The first-order valence-corrected chi connectivity index (χ1v) is 17.0. The van der Waals surface area contributed by atoms with Crippen molar-refractivity contribution in [1.82, 2.24) is 4.58 Å². The molecular weight excluding hydrogens is 607 g/mol. The van der Waals surface area contributed by atoms with Crippen LogP contribution in [0.2, 0.25) is 0 Å². The maximum Gasteiger partial charge on any atom is 0.211 e. The first kappa shape index (κ1) is 30.8. The van der Waals surface area contributed by atoms with Crippen LogP contribution in [0.5, 0.6) is 0 Å². The van der Waals surface area contributed by atoms with Crippen LogP contribution in [0.15, 0.2) is 199 Å². The molecule has 8 aromatic rings. The smallest absolute Gasteiger partial charge is 0.211 e. The number of nitrogens with zero attached hydrogens (tertiary/aromatic N) is 1. The van der Waals surface area contributed by atoms with Gasteiger partial charge in [-0.1, -0.05) is 133 Å². The van der Waals surface area contributed by atoms with E-state index in [4.69, 9.17) is 4.42 Å². The lowest BCUT2D eigenvalue weighted by Crippen LogP contribution is -2.05. The molecule has 0 radical (unpaired) electrons. The van der Waals surface area contributed by atoms with Gasteiger partial charge in [-0.15, -0.1) is 0 Å². The van der Waals surface area contributed by atoms with Crippen LogP contribution in [0, 0.1) is 0 Å². The van der Waals surface area contributed by atoms with Gasteiger partial charge < -0.3 is 4.42 Å². The summed E-state index contributed by atoms with van der Waals surface area (Å²) >= 11 is 0. The molecule has 0 saturated carbocycles. The highest BCUT2D eigenvalue weighted by molar-refractivity contribution is 6.09. The molecule has 0 bridgehead atoms. The van der Waals surface area contributed by atoms with E-state index in [-0.39, 0.29) is 0 Å². The van der Waals surface area contributed by atoms with Crippen molar-refractivity contribution < 1.29 is 4.42 Å². The van der Waals surface area contributed by atoms with Crippen molar-refractivity contribution in [3.05, 3.63) is 200 Å². The number of rotatable bonds is 8. The monoisotopic (exact) mass is 642 g/mol. The van der Waals surface area contributed by atoms with E-state index in [0.29, 0.717) is 0 Å². The van der Waals surface area contributed by atoms with Gasteiger partial charge >= 0.3 is 0 Å². The van der Waals surface area contributed by atoms with E-state index in [1.807, 2.05) is 12.1 Å². The summed E-state index contributed by atoms with van der Waals surface area (Å²) in [6, 6.07) is 62.0. The van der Waals surface area contributed by atoms with Crippen molar-refractivity contribution in [2.75, 3.05) is 0 Å². The maximum atomic E-state index is 6.36. The Labute approximate surface area is 293 Å². The fourth-order valence-corrected chi connectivity index (χ4v) is 6.61. The Hall–Kier alpha value is -6.51. The Morgan fingerprint density at radius 1 is 0.480 bits per heavy atom. The highest BCUT2D eigenvalue weighted by Gasteiger charge is 2.16. The van der Waals surface area contributed by atoms with Gasteiger partial charge in [-0.2, -0.15) is 4.58 Å². The molecule has 0 saturated heterocycles. The highest BCUT2D eigenvalue weighted by atomic mass is 16.3. The second kappa shape index (κ2) is 13.9. The lowest BCUT2D eigenvalue weighted by Gasteiger charge is -2.07. The molecule has 238 valence electrons. The molecule has 0 aliphatic rings. The number of hydrogen-bond donors (Lipinski definition) is 0. The van der Waals surface area contributed by atoms with Crippen LogP contribution in [0.25, 0.3) is 60.9 Å². The third-order valence-electron chi connectivity index (χ3n) is 9.19. The lowest BCUT2D eigenvalue weighted by molar-refractivity contribution is 0.670. The molecule has 0 aliphatic heterocycles. The van der Waals surface area contributed by atoms with Gasteiger partial charge in [-0.3, -0.25) is 0 Å².